The molecule has 132 valence electrons. The number of nitrogens with zero attached hydrogens (tertiary/aromatic N) is 1. The van der Waals surface area contributed by atoms with Gasteiger partial charge in [-0.25, -0.2) is 0 Å². The predicted octanol–water partition coefficient (Wildman–Crippen LogP) is 4.17. The van der Waals surface area contributed by atoms with Crippen molar-refractivity contribution in [2.75, 3.05) is 11.9 Å². The summed E-state index contributed by atoms with van der Waals surface area (Å²) in [5.74, 6) is 0.532. The Morgan fingerprint density at radius 2 is 1.96 bits per heavy atom. The third-order valence-corrected chi connectivity index (χ3v) is 3.73. The summed E-state index contributed by atoms with van der Waals surface area (Å²) in [6.45, 7) is 2.92. The zero-order valence-electron chi connectivity index (χ0n) is 14.3. The van der Waals surface area contributed by atoms with E-state index in [0.29, 0.717) is 5.56 Å². The number of carbonyl (C=O) groups excluding carboxylic acids is 1. The average molecular weight is 357 g/mol. The van der Waals surface area contributed by atoms with Crippen molar-refractivity contribution in [3.8, 4) is 5.75 Å². The molecule has 25 heavy (non-hydrogen) atoms. The summed E-state index contributed by atoms with van der Waals surface area (Å²) in [6.07, 6.45) is 7.83. The Kier molecular flexibility index (Phi) is 7.85. The topological polar surface area (TPSA) is 63.2 Å². The number of ether oxygens (including phenoxy) is 1. The van der Waals surface area contributed by atoms with E-state index in [-0.39, 0.29) is 11.0 Å². The Balaban J connectivity index is 1.76. The second-order valence-corrected chi connectivity index (χ2v) is 5.99. The van der Waals surface area contributed by atoms with Crippen molar-refractivity contribution in [2.45, 2.75) is 32.6 Å². The number of hydrogen-bond acceptors (Lipinski definition) is 4. The van der Waals surface area contributed by atoms with E-state index >= 15 is 0 Å². The fraction of sp³-hybridized carbons (Fsp3) is 0.316. The number of unbranched alkanes of at least 4 members (excludes halogenated alkanes) is 3. The Hall–Kier alpha value is -2.47. The molecule has 2 aromatic rings. The predicted molar refractivity (Wildman–Crippen MR) is 104 cm³/mol. The fourth-order valence-electron chi connectivity index (χ4n) is 2.19. The van der Waals surface area contributed by atoms with Crippen LogP contribution < -0.4 is 15.4 Å². The average Bonchev–Trinajstić information content (AvgIpc) is 2.63. The minimum Gasteiger partial charge on any atom is -0.494 e. The maximum Gasteiger partial charge on any atom is 0.258 e. The van der Waals surface area contributed by atoms with Gasteiger partial charge in [0.25, 0.3) is 5.91 Å². The lowest BCUT2D eigenvalue weighted by Crippen LogP contribution is -2.34. The molecule has 0 fully saturated rings. The monoisotopic (exact) mass is 357 g/mol. The molecule has 0 bridgehead atoms. The van der Waals surface area contributed by atoms with Crippen LogP contribution in [0.1, 0.15) is 43.0 Å². The number of aromatic nitrogens is 1. The summed E-state index contributed by atoms with van der Waals surface area (Å²) < 4.78 is 5.70. The number of rotatable bonds is 8. The fourth-order valence-corrected chi connectivity index (χ4v) is 2.40. The van der Waals surface area contributed by atoms with E-state index in [1.165, 1.54) is 25.5 Å². The number of nitrogens with one attached hydrogen (secondary N) is 2. The first-order chi connectivity index (χ1) is 12.2. The van der Waals surface area contributed by atoms with E-state index in [0.717, 1.165) is 24.5 Å². The largest absolute Gasteiger partial charge is 0.494 e. The number of pyridine rings is 1. The third-order valence-electron chi connectivity index (χ3n) is 3.53. The van der Waals surface area contributed by atoms with E-state index < -0.39 is 0 Å². The van der Waals surface area contributed by atoms with Gasteiger partial charge in [-0.15, -0.1) is 0 Å². The van der Waals surface area contributed by atoms with Crippen molar-refractivity contribution in [2.24, 2.45) is 0 Å². The quantitative estimate of drug-likeness (QED) is 0.548. The minimum absolute atomic E-state index is 0.238. The highest BCUT2D eigenvalue weighted by molar-refractivity contribution is 7.80. The molecule has 0 radical (unpaired) electrons. The first kappa shape index (κ1) is 18.9. The van der Waals surface area contributed by atoms with E-state index in [1.54, 1.807) is 18.3 Å². The normalized spacial score (nSPS) is 10.1. The van der Waals surface area contributed by atoms with Gasteiger partial charge in [-0.1, -0.05) is 26.2 Å². The van der Waals surface area contributed by atoms with E-state index in [4.69, 9.17) is 17.0 Å². The van der Waals surface area contributed by atoms with Crippen LogP contribution in [-0.2, 0) is 0 Å². The lowest BCUT2D eigenvalue weighted by Gasteiger charge is -2.10. The van der Waals surface area contributed by atoms with E-state index in [1.807, 2.05) is 24.3 Å². The molecule has 0 aliphatic heterocycles. The molecule has 1 aromatic heterocycles. The van der Waals surface area contributed by atoms with E-state index in [2.05, 4.69) is 22.5 Å². The summed E-state index contributed by atoms with van der Waals surface area (Å²) in [4.78, 5) is 15.9. The standard InChI is InChI=1S/C19H23N3O2S/c1-2-3-4-5-13-24-17-10-8-16(9-11-17)21-19(25)22-18(23)15-7-6-12-20-14-15/h6-12,14H,2-5,13H2,1H3,(H2,21,22,23,25). The molecular weight excluding hydrogens is 334 g/mol. The van der Waals surface area contributed by atoms with Crippen molar-refractivity contribution in [1.29, 1.82) is 0 Å². The number of amides is 1. The molecule has 0 unspecified atom stereocenters. The number of carbonyl (C=O) groups is 1. The molecule has 0 saturated carbocycles. The zero-order chi connectivity index (χ0) is 17.9. The number of anilines is 1. The maximum absolute atomic E-state index is 12.0. The van der Waals surface area contributed by atoms with Gasteiger partial charge in [-0.2, -0.15) is 0 Å². The van der Waals surface area contributed by atoms with Crippen LogP contribution >= 0.6 is 12.2 Å². The van der Waals surface area contributed by atoms with Gasteiger partial charge >= 0.3 is 0 Å². The molecule has 0 aliphatic rings. The summed E-state index contributed by atoms with van der Waals surface area (Å²) in [5.41, 5.74) is 1.24. The Labute approximate surface area is 153 Å². The highest BCUT2D eigenvalue weighted by atomic mass is 32.1. The van der Waals surface area contributed by atoms with Crippen LogP contribution in [0.4, 0.5) is 5.69 Å². The van der Waals surface area contributed by atoms with Crippen LogP contribution in [-0.4, -0.2) is 22.6 Å². The third kappa shape index (κ3) is 6.89. The molecule has 2 N–H and O–H groups in total. The van der Waals surface area contributed by atoms with Crippen molar-refractivity contribution < 1.29 is 9.53 Å². The van der Waals surface area contributed by atoms with Gasteiger partial charge in [0.15, 0.2) is 5.11 Å². The smallest absolute Gasteiger partial charge is 0.258 e. The highest BCUT2D eigenvalue weighted by Gasteiger charge is 2.07. The van der Waals surface area contributed by atoms with Gasteiger partial charge in [0.05, 0.1) is 12.2 Å². The van der Waals surface area contributed by atoms with Gasteiger partial charge < -0.3 is 10.1 Å². The van der Waals surface area contributed by atoms with Crippen molar-refractivity contribution >= 4 is 28.9 Å². The van der Waals surface area contributed by atoms with Gasteiger partial charge in [0, 0.05) is 18.1 Å². The summed E-state index contributed by atoms with van der Waals surface area (Å²) >= 11 is 5.16. The van der Waals surface area contributed by atoms with Gasteiger partial charge in [-0.05, 0) is 55.0 Å². The molecule has 2 rings (SSSR count). The maximum atomic E-state index is 12.0. The SMILES string of the molecule is CCCCCCOc1ccc(NC(=S)NC(=O)c2cccnc2)cc1. The van der Waals surface area contributed by atoms with Crippen LogP contribution in [0.2, 0.25) is 0 Å². The van der Waals surface area contributed by atoms with Crippen molar-refractivity contribution in [1.82, 2.24) is 10.3 Å². The van der Waals surface area contributed by atoms with Gasteiger partial charge in [0.2, 0.25) is 0 Å². The zero-order valence-corrected chi connectivity index (χ0v) is 15.1. The Bertz CT molecular complexity index is 675. The van der Waals surface area contributed by atoms with Crippen LogP contribution in [0.5, 0.6) is 5.75 Å². The molecule has 0 atom stereocenters. The molecular formula is C19H23N3O2S. The second kappa shape index (κ2) is 10.4. The molecule has 0 aliphatic carbocycles. The van der Waals surface area contributed by atoms with Crippen LogP contribution in [0.3, 0.4) is 0 Å². The second-order valence-electron chi connectivity index (χ2n) is 5.58. The summed E-state index contributed by atoms with van der Waals surface area (Å²) in [5, 5.41) is 5.84. The molecule has 0 spiro atoms. The minimum atomic E-state index is -0.294. The molecule has 1 heterocycles. The van der Waals surface area contributed by atoms with Crippen LogP contribution in [0, 0.1) is 0 Å². The number of thiocarbonyl (C=S) groups is 1. The first-order valence-electron chi connectivity index (χ1n) is 8.44. The van der Waals surface area contributed by atoms with Crippen molar-refractivity contribution in [3.63, 3.8) is 0 Å². The Morgan fingerprint density at radius 3 is 2.64 bits per heavy atom. The Morgan fingerprint density at radius 1 is 1.16 bits per heavy atom. The van der Waals surface area contributed by atoms with Gasteiger partial charge in [-0.3, -0.25) is 15.1 Å². The van der Waals surface area contributed by atoms with Crippen LogP contribution in [0.15, 0.2) is 48.8 Å². The molecule has 0 saturated heterocycles. The summed E-state index contributed by atoms with van der Waals surface area (Å²) in [7, 11) is 0. The first-order valence-corrected chi connectivity index (χ1v) is 8.85. The highest BCUT2D eigenvalue weighted by Crippen LogP contribution is 2.16. The lowest BCUT2D eigenvalue weighted by molar-refractivity contribution is 0.0977. The van der Waals surface area contributed by atoms with Crippen LogP contribution in [0.25, 0.3) is 0 Å². The summed E-state index contributed by atoms with van der Waals surface area (Å²) in [6, 6.07) is 10.9. The molecule has 6 heteroatoms. The molecule has 1 amide bonds. The van der Waals surface area contributed by atoms with Crippen molar-refractivity contribution in [3.05, 3.63) is 54.4 Å². The number of hydrogen-bond donors (Lipinski definition) is 2. The molecule has 5 nitrogen and oxygen atoms in total. The van der Waals surface area contributed by atoms with E-state index in [9.17, 15) is 4.79 Å². The molecule has 1 aromatic carbocycles. The van der Waals surface area contributed by atoms with Gasteiger partial charge in [0.1, 0.15) is 5.75 Å². The number of benzene rings is 1. The lowest BCUT2D eigenvalue weighted by atomic mass is 10.2.